The molecule has 0 spiro atoms. The zero-order chi connectivity index (χ0) is 58.9. The van der Waals surface area contributed by atoms with E-state index in [1.54, 1.807) is 47.4 Å². The number of rotatable bonds is 23. The number of nitrogens with one attached hydrogen (secondary N) is 3. The Labute approximate surface area is 498 Å². The minimum Gasteiger partial charge on any atom is -0.508 e. The summed E-state index contributed by atoms with van der Waals surface area (Å²) in [4.78, 5) is 74.8. The highest BCUT2D eigenvalue weighted by molar-refractivity contribution is 7.10. The van der Waals surface area contributed by atoms with Gasteiger partial charge in [-0.2, -0.15) is 4.98 Å². The first kappa shape index (κ1) is 59.9. The summed E-state index contributed by atoms with van der Waals surface area (Å²) in [5.41, 5.74) is 2.35. The van der Waals surface area contributed by atoms with Crippen molar-refractivity contribution in [3.05, 3.63) is 100 Å². The van der Waals surface area contributed by atoms with Crippen molar-refractivity contribution in [3.63, 3.8) is 0 Å². The van der Waals surface area contributed by atoms with Gasteiger partial charge in [-0.15, -0.1) is 11.3 Å². The van der Waals surface area contributed by atoms with Gasteiger partial charge in [-0.25, -0.2) is 14.4 Å². The molecule has 18 nitrogen and oxygen atoms in total. The van der Waals surface area contributed by atoms with Crippen LogP contribution in [-0.4, -0.2) is 163 Å². The van der Waals surface area contributed by atoms with Crippen LogP contribution in [0.2, 0.25) is 5.02 Å². The average molecular weight is 1190 g/mol. The van der Waals surface area contributed by atoms with Crippen LogP contribution in [0.15, 0.2) is 84.2 Å². The second kappa shape index (κ2) is 27.7. The summed E-state index contributed by atoms with van der Waals surface area (Å²) in [7, 11) is 3.46. The predicted octanol–water partition coefficient (Wildman–Crippen LogP) is 9.60. The zero-order valence-corrected chi connectivity index (χ0v) is 49.7. The molecule has 4 amide bonds. The van der Waals surface area contributed by atoms with E-state index in [0.29, 0.717) is 94.5 Å². The van der Waals surface area contributed by atoms with E-state index in [1.165, 1.54) is 13.0 Å². The number of aromatic nitrogens is 3. The number of likely N-dealkylation sites (tertiary alicyclic amines) is 1. The summed E-state index contributed by atoms with van der Waals surface area (Å²) in [5.74, 6) is 0.388. The summed E-state index contributed by atoms with van der Waals surface area (Å²) in [5, 5.41) is 26.8. The molecule has 21 heteroatoms. The van der Waals surface area contributed by atoms with Crippen molar-refractivity contribution in [3.8, 4) is 33.9 Å². The number of benzene rings is 5. The average Bonchev–Trinajstić information content (AvgIpc) is 2.78. The van der Waals surface area contributed by atoms with E-state index in [4.69, 9.17) is 35.8 Å². The van der Waals surface area contributed by atoms with Crippen LogP contribution in [-0.2, 0) is 28.7 Å². The number of phenols is 1. The monoisotopic (exact) mass is 1180 g/mol. The van der Waals surface area contributed by atoms with E-state index in [-0.39, 0.29) is 76.4 Å². The Kier molecular flexibility index (Phi) is 19.7. The number of halogens is 2. The molecule has 1 unspecified atom stereocenters. The molecular weight excluding hydrogens is 1110 g/mol. The van der Waals surface area contributed by atoms with Crippen molar-refractivity contribution in [1.29, 1.82) is 0 Å². The van der Waals surface area contributed by atoms with Crippen molar-refractivity contribution in [2.75, 3.05) is 103 Å². The van der Waals surface area contributed by atoms with Crippen LogP contribution in [0.1, 0.15) is 76.3 Å². The molecule has 7 aromatic rings. The lowest BCUT2D eigenvalue weighted by Crippen LogP contribution is -2.55. The van der Waals surface area contributed by atoms with Crippen molar-refractivity contribution in [2.24, 2.45) is 5.92 Å². The third-order valence-electron chi connectivity index (χ3n) is 16.5. The molecule has 1 saturated carbocycles. The van der Waals surface area contributed by atoms with Gasteiger partial charge >= 0.3 is 0 Å². The van der Waals surface area contributed by atoms with Crippen molar-refractivity contribution in [1.82, 2.24) is 40.3 Å². The van der Waals surface area contributed by atoms with Gasteiger partial charge in [0.15, 0.2) is 5.82 Å². The van der Waals surface area contributed by atoms with Gasteiger partial charge in [0.2, 0.25) is 29.6 Å². The highest BCUT2D eigenvalue weighted by Gasteiger charge is 2.40. The van der Waals surface area contributed by atoms with Crippen LogP contribution in [0.4, 0.5) is 16.2 Å². The van der Waals surface area contributed by atoms with Gasteiger partial charge in [-0.05, 0) is 97.6 Å². The van der Waals surface area contributed by atoms with Crippen LogP contribution in [0, 0.1) is 11.7 Å². The van der Waals surface area contributed by atoms with E-state index in [0.717, 1.165) is 83.1 Å². The van der Waals surface area contributed by atoms with Gasteiger partial charge in [-0.3, -0.25) is 19.2 Å². The fourth-order valence-electron chi connectivity index (χ4n) is 11.7. The number of aromatic hydroxyl groups is 1. The number of hydrogen-bond acceptors (Lipinski definition) is 15. The molecule has 3 atom stereocenters. The zero-order valence-electron chi connectivity index (χ0n) is 48.1. The standard InChI is InChI=1S/C63H74ClFN10O8S/c1-39(66-3)60(79)69-57(41-13-6-5-7-14-41)62(80)75-24-12-19-52(75)61-68-51(38-84-61)46-20-21-53(47-18-11-10-17-45(46)47)83-34-33-82-32-31-81-30-29-72(4)54(78)22-23-67-63-70-58-49(59(71-63)74-27-25-73(26-28-74)40(2)76)37-50(64)55(56(58)65)48-36-43(77)35-42-15-8-9-16-44(42)48/h8-11,15-18,20-21,35-39,41,52,57,66,77H,5-7,12-14,19,22-34H2,1-4H3,(H,69,79)(H,67,70,71)/t39-,52-,57?/m0/s1. The number of nitrogens with zero attached hydrogens (tertiary/aromatic N) is 7. The van der Waals surface area contributed by atoms with Crippen LogP contribution in [0.25, 0.3) is 54.8 Å². The molecule has 10 rings (SSSR count). The molecule has 444 valence electrons. The topological polar surface area (TPSA) is 204 Å². The predicted molar refractivity (Wildman–Crippen MR) is 327 cm³/mol. The Bertz CT molecular complexity index is 3500. The fourth-order valence-corrected chi connectivity index (χ4v) is 13.0. The molecule has 1 aliphatic carbocycles. The number of thiazole rings is 1. The van der Waals surface area contributed by atoms with E-state index in [2.05, 4.69) is 32.4 Å². The molecule has 4 N–H and O–H groups in total. The van der Waals surface area contributed by atoms with Crippen LogP contribution >= 0.6 is 22.9 Å². The maximum atomic E-state index is 17.0. The van der Waals surface area contributed by atoms with Gasteiger partial charge in [-0.1, -0.05) is 79.4 Å². The van der Waals surface area contributed by atoms with E-state index in [9.17, 15) is 24.3 Å². The van der Waals surface area contributed by atoms with Gasteiger partial charge in [0.25, 0.3) is 0 Å². The fraction of sp³-hybridized carbons (Fsp3) is 0.444. The quantitative estimate of drug-likeness (QED) is 0.0441. The molecule has 2 aliphatic heterocycles. The maximum absolute atomic E-state index is 17.0. The minimum atomic E-state index is -0.678. The first-order chi connectivity index (χ1) is 40.8. The van der Waals surface area contributed by atoms with Crippen LogP contribution in [0.5, 0.6) is 11.5 Å². The lowest BCUT2D eigenvalue weighted by atomic mass is 9.83. The highest BCUT2D eigenvalue weighted by Crippen LogP contribution is 2.44. The summed E-state index contributed by atoms with van der Waals surface area (Å²) < 4.78 is 34.9. The number of anilines is 2. The number of ether oxygens (including phenoxy) is 3. The number of carbonyl (C=O) groups is 4. The smallest absolute Gasteiger partial charge is 0.246 e. The number of amides is 4. The van der Waals surface area contributed by atoms with Gasteiger partial charge in [0.1, 0.15) is 40.5 Å². The first-order valence-electron chi connectivity index (χ1n) is 29.2. The van der Waals surface area contributed by atoms with E-state index in [1.807, 2.05) is 71.3 Å². The Hall–Kier alpha value is -7.23. The van der Waals surface area contributed by atoms with Crippen molar-refractivity contribution >= 4 is 90.8 Å². The number of phenolic OH excluding ortho intramolecular Hbond substituents is 1. The summed E-state index contributed by atoms with van der Waals surface area (Å²) in [6.07, 6.45) is 6.96. The molecule has 5 aromatic carbocycles. The Morgan fingerprint density at radius 3 is 2.31 bits per heavy atom. The molecule has 0 bridgehead atoms. The number of likely N-dealkylation sites (N-methyl/N-ethyl adjacent to an activating group) is 2. The Morgan fingerprint density at radius 1 is 0.821 bits per heavy atom. The van der Waals surface area contributed by atoms with Gasteiger partial charge in [0.05, 0.1) is 49.2 Å². The highest BCUT2D eigenvalue weighted by atomic mass is 35.5. The second-order valence-electron chi connectivity index (χ2n) is 21.9. The Morgan fingerprint density at radius 2 is 1.55 bits per heavy atom. The van der Waals surface area contributed by atoms with E-state index < -0.39 is 17.9 Å². The Balaban J connectivity index is 0.687. The lowest BCUT2D eigenvalue weighted by Gasteiger charge is -2.35. The minimum absolute atomic E-state index is 0.00358. The number of carbonyl (C=O) groups excluding carboxylic acids is 4. The van der Waals surface area contributed by atoms with Crippen molar-refractivity contribution in [2.45, 2.75) is 83.3 Å². The largest absolute Gasteiger partial charge is 0.508 e. The first-order valence-corrected chi connectivity index (χ1v) is 30.5. The van der Waals surface area contributed by atoms with Gasteiger partial charge < -0.3 is 54.9 Å². The van der Waals surface area contributed by atoms with E-state index >= 15 is 4.39 Å². The molecule has 2 saturated heterocycles. The number of hydrogen-bond donors (Lipinski definition) is 4. The van der Waals surface area contributed by atoms with Crippen LogP contribution < -0.4 is 25.6 Å². The second-order valence-corrected chi connectivity index (χ2v) is 23.2. The SMILES string of the molecule is CN[C@@H](C)C(=O)NC(C(=O)N1CCC[C@H]1c1nc(-c2ccc(OCCOCCOCCN(C)C(=O)CCNc3nc(N4CCN(C(C)=O)CC4)c4cc(Cl)c(-c5cc(O)cc6ccccc56)c(F)c4n3)c3ccccc23)cs1)C1CCCCC1. The summed E-state index contributed by atoms with van der Waals surface area (Å²) in [6, 6.07) is 23.1. The third kappa shape index (κ3) is 13.6. The lowest BCUT2D eigenvalue weighted by molar-refractivity contribution is -0.139. The molecule has 2 aromatic heterocycles. The molecule has 4 heterocycles. The normalized spacial score (nSPS) is 16.5. The molecule has 0 radical (unpaired) electrons. The van der Waals surface area contributed by atoms with Crippen LogP contribution in [0.3, 0.4) is 0 Å². The molecule has 84 heavy (non-hydrogen) atoms. The summed E-state index contributed by atoms with van der Waals surface area (Å²) in [6.45, 7) is 7.97. The van der Waals surface area contributed by atoms with Gasteiger partial charge in [0, 0.05) is 93.5 Å². The number of fused-ring (bicyclic) bond motifs is 3. The molecule has 3 aliphatic rings. The number of piperazine rings is 1. The molecular formula is C63H74ClFN10O8S. The maximum Gasteiger partial charge on any atom is 0.246 e. The summed E-state index contributed by atoms with van der Waals surface area (Å²) >= 11 is 8.47. The third-order valence-corrected chi connectivity index (χ3v) is 17.7. The molecule has 3 fully saturated rings. The van der Waals surface area contributed by atoms with Crippen molar-refractivity contribution < 1.29 is 42.9 Å².